The number of fused-ring (bicyclic) bond motifs is 1. The van der Waals surface area contributed by atoms with Crippen LogP contribution in [0.2, 0.25) is 0 Å². The molecule has 0 radical (unpaired) electrons. The minimum absolute atomic E-state index is 0.00766. The summed E-state index contributed by atoms with van der Waals surface area (Å²) in [5.41, 5.74) is -0.0543. The number of carbonyl (C=O) groups is 1. The quantitative estimate of drug-likeness (QED) is 0.756. The van der Waals surface area contributed by atoms with Gasteiger partial charge in [-0.25, -0.2) is 4.79 Å². The van der Waals surface area contributed by atoms with Crippen LogP contribution in [-0.2, 0) is 30.3 Å². The molecular weight excluding hydrogens is 359 g/mol. The molecule has 0 N–H and O–H groups in total. The predicted octanol–water partition coefficient (Wildman–Crippen LogP) is 3.97. The number of rotatable bonds is 4. The molecule has 0 saturated heterocycles. The number of esters is 1. The second-order valence-corrected chi connectivity index (χ2v) is 6.50. The first kappa shape index (κ1) is 19.2. The highest BCUT2D eigenvalue weighted by Gasteiger charge is 2.33. The number of ether oxygens (including phenoxy) is 1. The monoisotopic (exact) mass is 379 g/mol. The van der Waals surface area contributed by atoms with Crippen molar-refractivity contribution in [1.29, 1.82) is 0 Å². The van der Waals surface area contributed by atoms with Crippen molar-refractivity contribution in [3.63, 3.8) is 0 Å². The largest absolute Gasteiger partial charge is 0.462 e. The topological polar surface area (TPSA) is 48.3 Å². The van der Waals surface area contributed by atoms with Gasteiger partial charge in [-0.15, -0.1) is 0 Å². The normalized spacial score (nSPS) is 13.9. The molecule has 0 amide bonds. The first-order valence-corrected chi connectivity index (χ1v) is 8.90. The molecule has 3 rings (SSSR count). The molecule has 2 aromatic rings. The molecule has 0 atom stereocenters. The highest BCUT2D eigenvalue weighted by Crippen LogP contribution is 2.32. The number of aromatic nitrogens is 1. The number of carbonyl (C=O) groups excluding carboxylic acids is 1. The van der Waals surface area contributed by atoms with Crippen molar-refractivity contribution in [2.75, 3.05) is 6.61 Å². The van der Waals surface area contributed by atoms with Gasteiger partial charge in [0.25, 0.3) is 5.56 Å². The molecule has 0 bridgehead atoms. The third-order valence-corrected chi connectivity index (χ3v) is 4.72. The summed E-state index contributed by atoms with van der Waals surface area (Å²) >= 11 is 0. The Balaban J connectivity index is 2.11. The lowest BCUT2D eigenvalue weighted by Crippen LogP contribution is -2.32. The third kappa shape index (κ3) is 3.91. The van der Waals surface area contributed by atoms with Crippen molar-refractivity contribution in [3.05, 3.63) is 68.6 Å². The van der Waals surface area contributed by atoms with Gasteiger partial charge in [0.15, 0.2) is 0 Å². The van der Waals surface area contributed by atoms with E-state index >= 15 is 0 Å². The minimum Gasteiger partial charge on any atom is -0.462 e. The third-order valence-electron chi connectivity index (χ3n) is 4.72. The maximum absolute atomic E-state index is 13.3. The average Bonchev–Trinajstić information content (AvgIpc) is 2.64. The van der Waals surface area contributed by atoms with Crippen LogP contribution in [0.4, 0.5) is 13.2 Å². The molecule has 0 aliphatic carbocycles. The summed E-state index contributed by atoms with van der Waals surface area (Å²) < 4.78 is 46.4. The maximum atomic E-state index is 13.3. The van der Waals surface area contributed by atoms with Gasteiger partial charge in [-0.1, -0.05) is 18.2 Å². The second kappa shape index (κ2) is 7.58. The Hall–Kier alpha value is -2.57. The number of halogens is 3. The molecule has 27 heavy (non-hydrogen) atoms. The maximum Gasteiger partial charge on any atom is 0.416 e. The summed E-state index contributed by atoms with van der Waals surface area (Å²) in [5.74, 6) is -0.548. The van der Waals surface area contributed by atoms with Crippen molar-refractivity contribution in [2.45, 2.75) is 45.3 Å². The number of hydrogen-bond donors (Lipinski definition) is 0. The first-order chi connectivity index (χ1) is 12.8. The number of benzene rings is 1. The van der Waals surface area contributed by atoms with Gasteiger partial charge in [0.1, 0.15) is 0 Å². The second-order valence-electron chi connectivity index (χ2n) is 6.50. The SMILES string of the molecule is CCOC(=O)c1cc(Cc2ccccc2C(F)(F)F)c(=O)n2c1CCCC2. The highest BCUT2D eigenvalue weighted by molar-refractivity contribution is 5.91. The lowest BCUT2D eigenvalue weighted by atomic mass is 9.96. The molecule has 0 spiro atoms. The Labute approximate surface area is 154 Å². The van der Waals surface area contributed by atoms with E-state index in [2.05, 4.69) is 0 Å². The molecular formula is C20H20F3NO3. The number of alkyl halides is 3. The fourth-order valence-corrected chi connectivity index (χ4v) is 3.50. The molecule has 1 aromatic heterocycles. The van der Waals surface area contributed by atoms with Crippen LogP contribution >= 0.6 is 0 Å². The van der Waals surface area contributed by atoms with Crippen LogP contribution in [0, 0.1) is 0 Å². The lowest BCUT2D eigenvalue weighted by molar-refractivity contribution is -0.138. The molecule has 7 heteroatoms. The van der Waals surface area contributed by atoms with Crippen LogP contribution in [0.3, 0.4) is 0 Å². The van der Waals surface area contributed by atoms with E-state index in [-0.39, 0.29) is 35.3 Å². The molecule has 4 nitrogen and oxygen atoms in total. The van der Waals surface area contributed by atoms with Gasteiger partial charge in [-0.2, -0.15) is 13.2 Å². The van der Waals surface area contributed by atoms with Gasteiger partial charge < -0.3 is 9.30 Å². The Morgan fingerprint density at radius 2 is 1.93 bits per heavy atom. The fraction of sp³-hybridized carbons (Fsp3) is 0.400. The van der Waals surface area contributed by atoms with Crippen LogP contribution < -0.4 is 5.56 Å². The molecule has 0 fully saturated rings. The first-order valence-electron chi connectivity index (χ1n) is 8.90. The van der Waals surface area contributed by atoms with Gasteiger partial charge >= 0.3 is 12.1 Å². The molecule has 1 aliphatic heterocycles. The molecule has 2 heterocycles. The zero-order chi connectivity index (χ0) is 19.6. The average molecular weight is 379 g/mol. The van der Waals surface area contributed by atoms with E-state index in [9.17, 15) is 22.8 Å². The van der Waals surface area contributed by atoms with Crippen LogP contribution in [0.1, 0.15) is 52.5 Å². The molecule has 1 aromatic carbocycles. The Morgan fingerprint density at radius 3 is 2.63 bits per heavy atom. The van der Waals surface area contributed by atoms with Crippen molar-refractivity contribution in [2.24, 2.45) is 0 Å². The smallest absolute Gasteiger partial charge is 0.416 e. The van der Waals surface area contributed by atoms with E-state index in [1.807, 2.05) is 0 Å². The summed E-state index contributed by atoms with van der Waals surface area (Å²) in [6, 6.07) is 6.58. The summed E-state index contributed by atoms with van der Waals surface area (Å²) in [4.78, 5) is 25.2. The fourth-order valence-electron chi connectivity index (χ4n) is 3.50. The number of pyridine rings is 1. The van der Waals surface area contributed by atoms with E-state index in [4.69, 9.17) is 4.74 Å². The van der Waals surface area contributed by atoms with Gasteiger partial charge in [0.2, 0.25) is 0 Å². The van der Waals surface area contributed by atoms with Gasteiger partial charge in [-0.3, -0.25) is 4.79 Å². The Bertz CT molecular complexity index is 916. The molecule has 0 unspecified atom stereocenters. The minimum atomic E-state index is -4.51. The van der Waals surface area contributed by atoms with Crippen molar-refractivity contribution < 1.29 is 22.7 Å². The summed E-state index contributed by atoms with van der Waals surface area (Å²) in [5, 5.41) is 0. The molecule has 144 valence electrons. The van der Waals surface area contributed by atoms with Gasteiger partial charge in [0.05, 0.1) is 17.7 Å². The number of nitrogens with zero attached hydrogens (tertiary/aromatic N) is 1. The van der Waals surface area contributed by atoms with Crippen LogP contribution in [-0.4, -0.2) is 17.1 Å². The van der Waals surface area contributed by atoms with Gasteiger partial charge in [0, 0.05) is 24.2 Å². The standard InChI is InChI=1S/C20H20F3NO3/c1-2-27-19(26)15-12-14(18(25)24-10-6-5-9-17(15)24)11-13-7-3-4-8-16(13)20(21,22)23/h3-4,7-8,12H,2,5-6,9-11H2,1H3. The predicted molar refractivity (Wildman–Crippen MR) is 93.8 cm³/mol. The zero-order valence-corrected chi connectivity index (χ0v) is 14.9. The number of hydrogen-bond acceptors (Lipinski definition) is 3. The van der Waals surface area contributed by atoms with Crippen LogP contribution in [0.15, 0.2) is 35.1 Å². The summed E-state index contributed by atoms with van der Waals surface area (Å²) in [7, 11) is 0. The van der Waals surface area contributed by atoms with Crippen LogP contribution in [0.5, 0.6) is 0 Å². The molecule has 0 saturated carbocycles. The van der Waals surface area contributed by atoms with Crippen molar-refractivity contribution in [1.82, 2.24) is 4.57 Å². The van der Waals surface area contributed by atoms with E-state index in [0.717, 1.165) is 18.9 Å². The summed E-state index contributed by atoms with van der Waals surface area (Å²) in [6.07, 6.45) is -2.49. The van der Waals surface area contributed by atoms with E-state index in [0.29, 0.717) is 18.7 Å². The zero-order valence-electron chi connectivity index (χ0n) is 14.9. The van der Waals surface area contributed by atoms with Gasteiger partial charge in [-0.05, 0) is 43.9 Å². The Kier molecular flexibility index (Phi) is 5.39. The highest BCUT2D eigenvalue weighted by atomic mass is 19.4. The van der Waals surface area contributed by atoms with E-state index in [1.54, 1.807) is 6.92 Å². The van der Waals surface area contributed by atoms with Crippen molar-refractivity contribution in [3.8, 4) is 0 Å². The molecule has 1 aliphatic rings. The Morgan fingerprint density at radius 1 is 1.19 bits per heavy atom. The van der Waals surface area contributed by atoms with E-state index in [1.165, 1.54) is 28.8 Å². The van der Waals surface area contributed by atoms with E-state index < -0.39 is 17.7 Å². The van der Waals surface area contributed by atoms with Crippen molar-refractivity contribution >= 4 is 5.97 Å². The summed E-state index contributed by atoms with van der Waals surface area (Å²) in [6.45, 7) is 2.32. The lowest BCUT2D eigenvalue weighted by Gasteiger charge is -2.22. The van der Waals surface area contributed by atoms with Crippen LogP contribution in [0.25, 0.3) is 0 Å².